The van der Waals surface area contributed by atoms with E-state index in [9.17, 15) is 9.59 Å². The number of nitrogens with zero attached hydrogens (tertiary/aromatic N) is 3. The van der Waals surface area contributed by atoms with Crippen molar-refractivity contribution in [2.75, 3.05) is 44.8 Å². The number of hydrogen-bond acceptors (Lipinski definition) is 5. The van der Waals surface area contributed by atoms with Gasteiger partial charge in [0.05, 0.1) is 18.8 Å². The van der Waals surface area contributed by atoms with Crippen LogP contribution in [0.1, 0.15) is 40.2 Å². The van der Waals surface area contributed by atoms with Crippen LogP contribution >= 0.6 is 0 Å². The SMILES string of the molecule is COC[C@H]1CN[C@H](C)CN1CC(=O)N1CC(C)(C)c2cc(=O)n(CC(C)C)cc21. The Morgan fingerprint density at radius 1 is 1.38 bits per heavy atom. The Morgan fingerprint density at radius 3 is 2.76 bits per heavy atom. The maximum absolute atomic E-state index is 13.4. The zero-order chi connectivity index (χ0) is 21.3. The number of methoxy groups -OCH3 is 1. The molecule has 1 aromatic rings. The summed E-state index contributed by atoms with van der Waals surface area (Å²) in [4.78, 5) is 30.1. The largest absolute Gasteiger partial charge is 0.383 e. The van der Waals surface area contributed by atoms with Crippen LogP contribution in [0.15, 0.2) is 17.1 Å². The number of amides is 1. The topological polar surface area (TPSA) is 66.8 Å². The van der Waals surface area contributed by atoms with Gasteiger partial charge in [-0.3, -0.25) is 14.5 Å². The normalized spacial score (nSPS) is 24.2. The average Bonchev–Trinajstić information content (AvgIpc) is 2.88. The average molecular weight is 405 g/mol. The van der Waals surface area contributed by atoms with Gasteiger partial charge in [-0.1, -0.05) is 27.7 Å². The van der Waals surface area contributed by atoms with Crippen molar-refractivity contribution in [2.45, 2.75) is 58.7 Å². The molecule has 29 heavy (non-hydrogen) atoms. The molecule has 3 rings (SSSR count). The monoisotopic (exact) mass is 404 g/mol. The summed E-state index contributed by atoms with van der Waals surface area (Å²) in [6.45, 7) is 14.4. The molecule has 0 saturated carbocycles. The highest BCUT2D eigenvalue weighted by molar-refractivity contribution is 5.97. The van der Waals surface area contributed by atoms with E-state index in [4.69, 9.17) is 4.74 Å². The van der Waals surface area contributed by atoms with Crippen molar-refractivity contribution in [3.05, 3.63) is 28.2 Å². The van der Waals surface area contributed by atoms with Crippen LogP contribution in [0.4, 0.5) is 5.69 Å². The lowest BCUT2D eigenvalue weighted by atomic mass is 9.87. The summed E-state index contributed by atoms with van der Waals surface area (Å²) in [6, 6.07) is 2.26. The number of hydrogen-bond donors (Lipinski definition) is 1. The number of anilines is 1. The molecule has 1 fully saturated rings. The zero-order valence-corrected chi connectivity index (χ0v) is 18.7. The molecule has 0 spiro atoms. The lowest BCUT2D eigenvalue weighted by Crippen LogP contribution is -2.59. The van der Waals surface area contributed by atoms with Gasteiger partial charge in [0, 0.05) is 63.1 Å². The molecule has 1 saturated heterocycles. The van der Waals surface area contributed by atoms with Crippen molar-refractivity contribution >= 4 is 11.6 Å². The molecule has 0 aromatic carbocycles. The summed E-state index contributed by atoms with van der Waals surface area (Å²) in [5.74, 6) is 0.447. The quantitative estimate of drug-likeness (QED) is 0.777. The van der Waals surface area contributed by atoms with Gasteiger partial charge in [-0.25, -0.2) is 0 Å². The fourth-order valence-electron chi connectivity index (χ4n) is 4.48. The third kappa shape index (κ3) is 4.73. The number of pyridine rings is 1. The minimum atomic E-state index is -0.232. The summed E-state index contributed by atoms with van der Waals surface area (Å²) < 4.78 is 7.11. The highest BCUT2D eigenvalue weighted by atomic mass is 16.5. The molecule has 0 radical (unpaired) electrons. The van der Waals surface area contributed by atoms with Crippen LogP contribution < -0.4 is 15.8 Å². The number of carbonyl (C=O) groups excluding carboxylic acids is 1. The second-order valence-electron chi connectivity index (χ2n) is 9.67. The molecule has 1 amide bonds. The molecule has 2 aliphatic rings. The highest BCUT2D eigenvalue weighted by Gasteiger charge is 2.40. The molecule has 2 aliphatic heterocycles. The van der Waals surface area contributed by atoms with Gasteiger partial charge in [0.2, 0.25) is 5.91 Å². The van der Waals surface area contributed by atoms with Crippen LogP contribution in [-0.2, 0) is 21.5 Å². The molecule has 2 atom stereocenters. The van der Waals surface area contributed by atoms with E-state index in [-0.39, 0.29) is 22.9 Å². The van der Waals surface area contributed by atoms with Gasteiger partial charge in [0.25, 0.3) is 5.56 Å². The van der Waals surface area contributed by atoms with Crippen molar-refractivity contribution < 1.29 is 9.53 Å². The van der Waals surface area contributed by atoms with Gasteiger partial charge in [0.15, 0.2) is 0 Å². The lowest BCUT2D eigenvalue weighted by Gasteiger charge is -2.39. The van der Waals surface area contributed by atoms with E-state index >= 15 is 0 Å². The van der Waals surface area contributed by atoms with Gasteiger partial charge < -0.3 is 19.5 Å². The Morgan fingerprint density at radius 2 is 2.10 bits per heavy atom. The summed E-state index contributed by atoms with van der Waals surface area (Å²) in [5, 5.41) is 3.47. The van der Waals surface area contributed by atoms with Crippen molar-refractivity contribution in [3.8, 4) is 0 Å². The molecule has 3 heterocycles. The number of aromatic nitrogens is 1. The molecular weight excluding hydrogens is 368 g/mol. The fraction of sp³-hybridized carbons (Fsp3) is 0.727. The Hall–Kier alpha value is -1.70. The summed E-state index contributed by atoms with van der Waals surface area (Å²) >= 11 is 0. The molecule has 0 unspecified atom stereocenters. The third-order valence-corrected chi connectivity index (χ3v) is 5.97. The molecule has 7 heteroatoms. The van der Waals surface area contributed by atoms with E-state index in [0.717, 1.165) is 24.3 Å². The second-order valence-corrected chi connectivity index (χ2v) is 9.67. The molecule has 0 aliphatic carbocycles. The zero-order valence-electron chi connectivity index (χ0n) is 18.7. The van der Waals surface area contributed by atoms with Crippen molar-refractivity contribution in [1.29, 1.82) is 0 Å². The third-order valence-electron chi connectivity index (χ3n) is 5.97. The first kappa shape index (κ1) is 22.0. The van der Waals surface area contributed by atoms with E-state index in [1.54, 1.807) is 17.7 Å². The van der Waals surface area contributed by atoms with E-state index in [1.165, 1.54) is 0 Å². The maximum Gasteiger partial charge on any atom is 0.250 e. The Labute approximate surface area is 174 Å². The molecular formula is C22H36N4O3. The molecule has 0 bridgehead atoms. The van der Waals surface area contributed by atoms with E-state index < -0.39 is 0 Å². The standard InChI is InChI=1S/C22H36N4O3/c1-15(2)9-25-11-19-18(7-20(25)27)22(4,5)14-26(19)21(28)12-24-10-16(3)23-8-17(24)13-29-6/h7,11,15-17,23H,8-10,12-14H2,1-6H3/t16-,17-/m1/s1. The fourth-order valence-corrected chi connectivity index (χ4v) is 4.48. The first-order chi connectivity index (χ1) is 13.6. The minimum Gasteiger partial charge on any atom is -0.383 e. The molecule has 7 nitrogen and oxygen atoms in total. The van der Waals surface area contributed by atoms with Crippen LogP contribution in [0, 0.1) is 5.92 Å². The van der Waals surface area contributed by atoms with Crippen molar-refractivity contribution in [2.24, 2.45) is 5.92 Å². The van der Waals surface area contributed by atoms with Gasteiger partial charge in [0.1, 0.15) is 0 Å². The molecule has 162 valence electrons. The van der Waals surface area contributed by atoms with Crippen molar-refractivity contribution in [1.82, 2.24) is 14.8 Å². The smallest absolute Gasteiger partial charge is 0.250 e. The summed E-state index contributed by atoms with van der Waals surface area (Å²) in [7, 11) is 1.70. The summed E-state index contributed by atoms with van der Waals surface area (Å²) in [5.41, 5.74) is 1.63. The van der Waals surface area contributed by atoms with E-state index in [1.807, 2.05) is 11.1 Å². The lowest BCUT2D eigenvalue weighted by molar-refractivity contribution is -0.121. The van der Waals surface area contributed by atoms with Crippen LogP contribution in [0.3, 0.4) is 0 Å². The number of nitrogens with one attached hydrogen (secondary N) is 1. The van der Waals surface area contributed by atoms with Gasteiger partial charge >= 0.3 is 0 Å². The maximum atomic E-state index is 13.4. The van der Waals surface area contributed by atoms with Crippen LogP contribution in [0.2, 0.25) is 0 Å². The van der Waals surface area contributed by atoms with E-state index in [0.29, 0.717) is 38.2 Å². The highest BCUT2D eigenvalue weighted by Crippen LogP contribution is 2.39. The van der Waals surface area contributed by atoms with Gasteiger partial charge in [-0.05, 0) is 18.4 Å². The Bertz CT molecular complexity index is 802. The number of rotatable bonds is 6. The van der Waals surface area contributed by atoms with Crippen molar-refractivity contribution in [3.63, 3.8) is 0 Å². The Kier molecular flexibility index (Phi) is 6.51. The number of piperazine rings is 1. The minimum absolute atomic E-state index is 0.0101. The first-order valence-corrected chi connectivity index (χ1v) is 10.6. The number of fused-ring (bicyclic) bond motifs is 1. The predicted octanol–water partition coefficient (Wildman–Crippen LogP) is 1.44. The van der Waals surface area contributed by atoms with Crippen LogP contribution in [-0.4, -0.2) is 67.4 Å². The number of carbonyl (C=O) groups is 1. The Balaban J connectivity index is 1.86. The first-order valence-electron chi connectivity index (χ1n) is 10.6. The van der Waals surface area contributed by atoms with Crippen LogP contribution in [0.5, 0.6) is 0 Å². The van der Waals surface area contributed by atoms with Gasteiger partial charge in [-0.15, -0.1) is 0 Å². The van der Waals surface area contributed by atoms with Crippen LogP contribution in [0.25, 0.3) is 0 Å². The predicted molar refractivity (Wildman–Crippen MR) is 116 cm³/mol. The van der Waals surface area contributed by atoms with Gasteiger partial charge in [-0.2, -0.15) is 0 Å². The number of ether oxygens (including phenoxy) is 1. The second kappa shape index (κ2) is 8.58. The summed E-state index contributed by atoms with van der Waals surface area (Å²) in [6.07, 6.45) is 1.89. The van der Waals surface area contributed by atoms with E-state index in [2.05, 4.69) is 44.8 Å². The molecule has 1 N–H and O–H groups in total. The molecule has 1 aromatic heterocycles.